The fraction of sp³-hybridized carbons (Fsp3) is 0.429. The zero-order valence-corrected chi connectivity index (χ0v) is 12.7. The number of nitrogens with one attached hydrogen (secondary N) is 2. The lowest BCUT2D eigenvalue weighted by atomic mass is 10.1. The molecule has 1 aliphatic carbocycles. The van der Waals surface area contributed by atoms with Crippen molar-refractivity contribution in [1.82, 2.24) is 20.2 Å². The molecule has 0 radical (unpaired) electrons. The Morgan fingerprint density at radius 2 is 2.27 bits per heavy atom. The van der Waals surface area contributed by atoms with Gasteiger partial charge in [0.05, 0.1) is 5.69 Å². The number of halogens is 1. The number of hydrogen-bond acceptors (Lipinski definition) is 6. The third-order valence-corrected chi connectivity index (χ3v) is 3.74. The molecule has 0 bridgehead atoms. The second kappa shape index (κ2) is 6.20. The molecule has 1 fully saturated rings. The minimum Gasteiger partial charge on any atom is -0.381 e. The van der Waals surface area contributed by atoms with Gasteiger partial charge in [-0.1, -0.05) is 11.6 Å². The number of nitrogens with zero attached hydrogens (tertiary/aromatic N) is 4. The van der Waals surface area contributed by atoms with E-state index in [0.29, 0.717) is 29.6 Å². The molecule has 0 aromatic carbocycles. The van der Waals surface area contributed by atoms with Crippen LogP contribution in [0, 0.1) is 11.3 Å². The number of nitrogens with two attached hydrogens (primary N) is 1. The van der Waals surface area contributed by atoms with E-state index in [0.717, 1.165) is 36.6 Å². The first-order valence-corrected chi connectivity index (χ1v) is 7.56. The third kappa shape index (κ3) is 3.28. The first-order valence-electron chi connectivity index (χ1n) is 7.18. The van der Waals surface area contributed by atoms with Gasteiger partial charge in [-0.25, -0.2) is 9.97 Å². The van der Waals surface area contributed by atoms with Crippen molar-refractivity contribution in [2.45, 2.75) is 31.6 Å². The molecule has 7 nitrogen and oxygen atoms in total. The van der Waals surface area contributed by atoms with E-state index >= 15 is 0 Å². The molecule has 3 rings (SSSR count). The van der Waals surface area contributed by atoms with Gasteiger partial charge in [0.25, 0.3) is 0 Å². The highest BCUT2D eigenvalue weighted by atomic mass is 35.5. The molecule has 2 aromatic heterocycles. The first kappa shape index (κ1) is 14.6. The fourth-order valence-electron chi connectivity index (χ4n) is 2.23. The normalized spacial score (nSPS) is 13.8. The topological polar surface area (TPSA) is 116 Å². The molecule has 114 valence electrons. The van der Waals surface area contributed by atoms with Crippen molar-refractivity contribution in [2.24, 2.45) is 0 Å². The molecule has 2 heterocycles. The molecule has 0 amide bonds. The van der Waals surface area contributed by atoms with Gasteiger partial charge >= 0.3 is 0 Å². The second-order valence-electron chi connectivity index (χ2n) is 5.31. The molecule has 1 saturated carbocycles. The summed E-state index contributed by atoms with van der Waals surface area (Å²) in [6.45, 7) is 0.710. The zero-order valence-electron chi connectivity index (χ0n) is 11.9. The number of rotatable bonds is 6. The second-order valence-corrected chi connectivity index (χ2v) is 5.70. The number of hydrogen-bond donors (Lipinski definition) is 3. The third-order valence-electron chi connectivity index (χ3n) is 3.55. The lowest BCUT2D eigenvalue weighted by molar-refractivity contribution is 0.818. The number of anilines is 2. The maximum Gasteiger partial charge on any atom is 0.163 e. The summed E-state index contributed by atoms with van der Waals surface area (Å²) in [5, 5.41) is 19.3. The summed E-state index contributed by atoms with van der Waals surface area (Å²) in [6, 6.07) is 3.78. The summed E-state index contributed by atoms with van der Waals surface area (Å²) in [7, 11) is 0. The van der Waals surface area contributed by atoms with E-state index in [2.05, 4.69) is 31.6 Å². The van der Waals surface area contributed by atoms with Crippen LogP contribution in [0.4, 0.5) is 11.6 Å². The van der Waals surface area contributed by atoms with Gasteiger partial charge in [0, 0.05) is 18.5 Å². The van der Waals surface area contributed by atoms with Crippen LogP contribution < -0.4 is 11.1 Å². The Hall–Kier alpha value is -2.33. The molecule has 0 spiro atoms. The number of aromatic amines is 1. The highest BCUT2D eigenvalue weighted by Crippen LogP contribution is 2.38. The number of H-pyrrole nitrogens is 1. The van der Waals surface area contributed by atoms with Crippen molar-refractivity contribution in [3.8, 4) is 6.07 Å². The molecule has 0 unspecified atom stereocenters. The highest BCUT2D eigenvalue weighted by molar-refractivity contribution is 6.29. The van der Waals surface area contributed by atoms with Gasteiger partial charge < -0.3 is 11.1 Å². The van der Waals surface area contributed by atoms with Crippen LogP contribution in [0.25, 0.3) is 0 Å². The molecule has 8 heteroatoms. The van der Waals surface area contributed by atoms with Crippen LogP contribution in [0.2, 0.25) is 5.15 Å². The van der Waals surface area contributed by atoms with Gasteiger partial charge in [0.15, 0.2) is 5.82 Å². The van der Waals surface area contributed by atoms with Gasteiger partial charge in [0.1, 0.15) is 28.4 Å². The van der Waals surface area contributed by atoms with Crippen LogP contribution in [0.3, 0.4) is 0 Å². The average Bonchev–Trinajstić information content (AvgIpc) is 3.28. The standard InChI is InChI=1S/C14H16ClN7/c15-11-6-12(20-14(19-11)8-3-4-8)18-5-1-2-10-9(7-16)13(17)22-21-10/h6,8H,1-5H2,(H3,17,21,22)(H,18,19,20). The molecule has 0 saturated heterocycles. The monoisotopic (exact) mass is 317 g/mol. The molecular weight excluding hydrogens is 302 g/mol. The molecule has 0 atom stereocenters. The molecular formula is C14H16ClN7. The lowest BCUT2D eigenvalue weighted by Gasteiger charge is -2.07. The van der Waals surface area contributed by atoms with Gasteiger partial charge in [-0.3, -0.25) is 5.10 Å². The number of nitriles is 1. The Bertz CT molecular complexity index is 714. The molecule has 0 aliphatic heterocycles. The van der Waals surface area contributed by atoms with E-state index < -0.39 is 0 Å². The molecule has 2 aromatic rings. The van der Waals surface area contributed by atoms with Gasteiger partial charge in [-0.2, -0.15) is 10.4 Å². The molecule has 22 heavy (non-hydrogen) atoms. The fourth-order valence-corrected chi connectivity index (χ4v) is 2.42. The predicted octanol–water partition coefficient (Wildman–Crippen LogP) is 2.23. The SMILES string of the molecule is N#Cc1c(N)n[nH]c1CCCNc1cc(Cl)nc(C2CC2)n1. The lowest BCUT2D eigenvalue weighted by Crippen LogP contribution is -2.07. The van der Waals surface area contributed by atoms with Crippen LogP contribution >= 0.6 is 11.6 Å². The Labute approximate surface area is 132 Å². The van der Waals surface area contributed by atoms with Crippen LogP contribution in [0.1, 0.15) is 42.3 Å². The Kier molecular flexibility index (Phi) is 4.11. The van der Waals surface area contributed by atoms with Crippen molar-refractivity contribution in [1.29, 1.82) is 5.26 Å². The van der Waals surface area contributed by atoms with Crippen LogP contribution in [-0.4, -0.2) is 26.7 Å². The summed E-state index contributed by atoms with van der Waals surface area (Å²) < 4.78 is 0. The van der Waals surface area contributed by atoms with Gasteiger partial charge in [0.2, 0.25) is 0 Å². The van der Waals surface area contributed by atoms with Crippen LogP contribution in [0.15, 0.2) is 6.07 Å². The average molecular weight is 318 g/mol. The Morgan fingerprint density at radius 3 is 3.00 bits per heavy atom. The van der Waals surface area contributed by atoms with Crippen molar-refractivity contribution < 1.29 is 0 Å². The Morgan fingerprint density at radius 1 is 1.45 bits per heavy atom. The van der Waals surface area contributed by atoms with Crippen LogP contribution in [0.5, 0.6) is 0 Å². The van der Waals surface area contributed by atoms with E-state index in [4.69, 9.17) is 22.6 Å². The van der Waals surface area contributed by atoms with Crippen molar-refractivity contribution in [3.63, 3.8) is 0 Å². The highest BCUT2D eigenvalue weighted by Gasteiger charge is 2.27. The maximum atomic E-state index is 9.00. The first-order chi connectivity index (χ1) is 10.7. The summed E-state index contributed by atoms with van der Waals surface area (Å²) in [5.41, 5.74) is 6.80. The van der Waals surface area contributed by atoms with Crippen LogP contribution in [-0.2, 0) is 6.42 Å². The Balaban J connectivity index is 1.54. The summed E-state index contributed by atoms with van der Waals surface area (Å²) in [5.74, 6) is 2.28. The molecule has 1 aliphatic rings. The summed E-state index contributed by atoms with van der Waals surface area (Å²) in [4.78, 5) is 8.73. The van der Waals surface area contributed by atoms with E-state index in [1.165, 1.54) is 0 Å². The van der Waals surface area contributed by atoms with Gasteiger partial charge in [-0.15, -0.1) is 0 Å². The largest absolute Gasteiger partial charge is 0.381 e. The minimum absolute atomic E-state index is 0.252. The minimum atomic E-state index is 0.252. The smallest absolute Gasteiger partial charge is 0.163 e. The quantitative estimate of drug-likeness (QED) is 0.555. The van der Waals surface area contributed by atoms with Crippen molar-refractivity contribution in [3.05, 3.63) is 28.3 Å². The number of aromatic nitrogens is 4. The van der Waals surface area contributed by atoms with E-state index in [1.807, 2.05) is 0 Å². The number of aryl methyl sites for hydroxylation is 1. The van der Waals surface area contributed by atoms with Crippen molar-refractivity contribution in [2.75, 3.05) is 17.6 Å². The zero-order chi connectivity index (χ0) is 15.5. The maximum absolute atomic E-state index is 9.00. The van der Waals surface area contributed by atoms with Crippen molar-refractivity contribution >= 4 is 23.2 Å². The molecule has 4 N–H and O–H groups in total. The number of nitrogen functional groups attached to an aromatic ring is 1. The van der Waals surface area contributed by atoms with E-state index in [1.54, 1.807) is 6.07 Å². The van der Waals surface area contributed by atoms with E-state index in [-0.39, 0.29) is 5.82 Å². The van der Waals surface area contributed by atoms with E-state index in [9.17, 15) is 0 Å². The van der Waals surface area contributed by atoms with Gasteiger partial charge in [-0.05, 0) is 25.7 Å². The predicted molar refractivity (Wildman–Crippen MR) is 83.5 cm³/mol. The summed E-state index contributed by atoms with van der Waals surface area (Å²) >= 11 is 6.02. The summed E-state index contributed by atoms with van der Waals surface area (Å²) in [6.07, 6.45) is 3.78.